The Balaban J connectivity index is 1.62. The van der Waals surface area contributed by atoms with Gasteiger partial charge in [0.25, 0.3) is 0 Å². The van der Waals surface area contributed by atoms with Crippen LogP contribution in [0.15, 0.2) is 48.8 Å². The van der Waals surface area contributed by atoms with E-state index >= 15 is 0 Å². The topological polar surface area (TPSA) is 58.5 Å². The van der Waals surface area contributed by atoms with Crippen molar-refractivity contribution < 1.29 is 14.2 Å². The predicted molar refractivity (Wildman–Crippen MR) is 94.3 cm³/mol. The smallest absolute Gasteiger partial charge is 0.146 e. The standard InChI is InChI=1S/C20H18FN3O2/c21-15-4-2-8-23-17(15)18(24-9-20(10-24)11-26-12-20)14-6-5-13-3-1-7-22-16(13)19(14)25/h1-8,18,25H,9-12H2. The quantitative estimate of drug-likeness (QED) is 0.786. The monoisotopic (exact) mass is 351 g/mol. The molecule has 1 N–H and O–H groups in total. The molecule has 5 nitrogen and oxygen atoms in total. The fourth-order valence-corrected chi connectivity index (χ4v) is 4.05. The summed E-state index contributed by atoms with van der Waals surface area (Å²) in [6.07, 6.45) is 3.23. The molecule has 2 aromatic heterocycles. The molecule has 2 saturated heterocycles. The van der Waals surface area contributed by atoms with Gasteiger partial charge in [-0.3, -0.25) is 14.9 Å². The van der Waals surface area contributed by atoms with Gasteiger partial charge in [0.15, 0.2) is 0 Å². The van der Waals surface area contributed by atoms with E-state index in [4.69, 9.17) is 4.74 Å². The summed E-state index contributed by atoms with van der Waals surface area (Å²) in [5.41, 5.74) is 1.65. The van der Waals surface area contributed by atoms with Crippen molar-refractivity contribution >= 4 is 10.9 Å². The lowest BCUT2D eigenvalue weighted by atomic mass is 9.76. The minimum atomic E-state index is -0.450. The van der Waals surface area contributed by atoms with Gasteiger partial charge in [-0.2, -0.15) is 0 Å². The average Bonchev–Trinajstić information content (AvgIpc) is 2.58. The molecule has 0 bridgehead atoms. The zero-order valence-corrected chi connectivity index (χ0v) is 14.1. The van der Waals surface area contributed by atoms with E-state index in [1.807, 2.05) is 24.3 Å². The van der Waals surface area contributed by atoms with Crippen LogP contribution in [0, 0.1) is 11.2 Å². The van der Waals surface area contributed by atoms with Crippen LogP contribution >= 0.6 is 0 Å². The lowest BCUT2D eigenvalue weighted by Crippen LogP contribution is -2.66. The van der Waals surface area contributed by atoms with E-state index in [9.17, 15) is 9.50 Å². The van der Waals surface area contributed by atoms with Gasteiger partial charge in [0.1, 0.15) is 17.1 Å². The first-order chi connectivity index (χ1) is 12.7. The summed E-state index contributed by atoms with van der Waals surface area (Å²) in [5.74, 6) is -0.284. The van der Waals surface area contributed by atoms with Gasteiger partial charge in [0, 0.05) is 41.8 Å². The van der Waals surface area contributed by atoms with Crippen molar-refractivity contribution in [1.82, 2.24) is 14.9 Å². The molecule has 1 aromatic carbocycles. The number of phenolic OH excluding ortho intramolecular Hbond substituents is 1. The molecule has 2 fully saturated rings. The number of benzene rings is 1. The molecule has 4 heterocycles. The first kappa shape index (κ1) is 15.7. The van der Waals surface area contributed by atoms with Crippen LogP contribution in [0.5, 0.6) is 5.75 Å². The Hall–Kier alpha value is -2.57. The fourth-order valence-electron chi connectivity index (χ4n) is 4.05. The first-order valence-electron chi connectivity index (χ1n) is 8.66. The third-order valence-corrected chi connectivity index (χ3v) is 5.38. The highest BCUT2D eigenvalue weighted by Gasteiger charge is 2.52. The summed E-state index contributed by atoms with van der Waals surface area (Å²) < 4.78 is 19.9. The van der Waals surface area contributed by atoms with Gasteiger partial charge < -0.3 is 9.84 Å². The van der Waals surface area contributed by atoms with Gasteiger partial charge in [-0.1, -0.05) is 18.2 Å². The zero-order valence-electron chi connectivity index (χ0n) is 14.1. The van der Waals surface area contributed by atoms with E-state index in [1.54, 1.807) is 18.5 Å². The molecule has 2 aliphatic heterocycles. The van der Waals surface area contributed by atoms with Gasteiger partial charge in [-0.05, 0) is 18.2 Å². The number of pyridine rings is 2. The molecule has 0 aliphatic carbocycles. The molecule has 3 aromatic rings. The van der Waals surface area contributed by atoms with Gasteiger partial charge in [0.05, 0.1) is 24.9 Å². The van der Waals surface area contributed by atoms with Crippen LogP contribution in [-0.2, 0) is 4.74 Å². The highest BCUT2D eigenvalue weighted by Crippen LogP contribution is 2.46. The van der Waals surface area contributed by atoms with Crippen molar-refractivity contribution in [2.45, 2.75) is 6.04 Å². The van der Waals surface area contributed by atoms with Crippen molar-refractivity contribution in [3.05, 3.63) is 65.9 Å². The summed E-state index contributed by atoms with van der Waals surface area (Å²) in [5, 5.41) is 11.7. The van der Waals surface area contributed by atoms with Crippen molar-refractivity contribution in [2.24, 2.45) is 5.41 Å². The normalized spacial score (nSPS) is 19.9. The number of hydrogen-bond acceptors (Lipinski definition) is 5. The SMILES string of the molecule is Oc1c(C(c2ncccc2F)N2CC3(COC3)C2)ccc2cccnc12. The average molecular weight is 351 g/mol. The van der Waals surface area contributed by atoms with Crippen LogP contribution in [-0.4, -0.2) is 46.3 Å². The molecule has 1 spiro atoms. The second kappa shape index (κ2) is 5.72. The lowest BCUT2D eigenvalue weighted by molar-refractivity contribution is -0.196. The Morgan fingerprint density at radius 3 is 2.58 bits per heavy atom. The summed E-state index contributed by atoms with van der Waals surface area (Å²) in [7, 11) is 0. The number of phenols is 1. The molecule has 132 valence electrons. The third kappa shape index (κ3) is 2.29. The third-order valence-electron chi connectivity index (χ3n) is 5.38. The number of nitrogens with zero attached hydrogens (tertiary/aromatic N) is 3. The minimum Gasteiger partial charge on any atom is -0.505 e. The van der Waals surface area contributed by atoms with Crippen molar-refractivity contribution in [1.29, 1.82) is 0 Å². The maximum Gasteiger partial charge on any atom is 0.146 e. The van der Waals surface area contributed by atoms with E-state index < -0.39 is 6.04 Å². The van der Waals surface area contributed by atoms with Crippen LogP contribution in [0.4, 0.5) is 4.39 Å². The van der Waals surface area contributed by atoms with Crippen LogP contribution in [0.2, 0.25) is 0 Å². The van der Waals surface area contributed by atoms with E-state index in [0.717, 1.165) is 31.7 Å². The van der Waals surface area contributed by atoms with E-state index in [-0.39, 0.29) is 17.0 Å². The van der Waals surface area contributed by atoms with Crippen LogP contribution in [0.3, 0.4) is 0 Å². The summed E-state index contributed by atoms with van der Waals surface area (Å²) >= 11 is 0. The molecule has 26 heavy (non-hydrogen) atoms. The van der Waals surface area contributed by atoms with Crippen LogP contribution in [0.1, 0.15) is 17.3 Å². The number of halogens is 1. The summed E-state index contributed by atoms with van der Waals surface area (Å²) in [6.45, 7) is 3.08. The van der Waals surface area contributed by atoms with Gasteiger partial charge in [0.2, 0.25) is 0 Å². The largest absolute Gasteiger partial charge is 0.505 e. The summed E-state index contributed by atoms with van der Waals surface area (Å²) in [4.78, 5) is 10.7. The van der Waals surface area contributed by atoms with Gasteiger partial charge in [-0.15, -0.1) is 0 Å². The first-order valence-corrected chi connectivity index (χ1v) is 8.66. The summed E-state index contributed by atoms with van der Waals surface area (Å²) in [6, 6.07) is 10.0. The molecule has 1 atom stereocenters. The molecule has 1 unspecified atom stereocenters. The van der Waals surface area contributed by atoms with Gasteiger partial charge in [-0.25, -0.2) is 4.39 Å². The molecule has 0 amide bonds. The van der Waals surface area contributed by atoms with E-state index in [2.05, 4.69) is 14.9 Å². The molecular formula is C20H18FN3O2. The highest BCUT2D eigenvalue weighted by atomic mass is 19.1. The van der Waals surface area contributed by atoms with Crippen LogP contribution in [0.25, 0.3) is 10.9 Å². The number of rotatable bonds is 3. The van der Waals surface area contributed by atoms with Crippen molar-refractivity contribution in [3.63, 3.8) is 0 Å². The number of aromatic nitrogens is 2. The Kier molecular flexibility index (Phi) is 3.45. The molecule has 0 saturated carbocycles. The Morgan fingerprint density at radius 1 is 1.08 bits per heavy atom. The molecule has 0 radical (unpaired) electrons. The fraction of sp³-hybridized carbons (Fsp3) is 0.300. The van der Waals surface area contributed by atoms with Crippen LogP contribution < -0.4 is 0 Å². The Morgan fingerprint density at radius 2 is 1.85 bits per heavy atom. The number of ether oxygens (including phenoxy) is 1. The molecule has 5 rings (SSSR count). The number of fused-ring (bicyclic) bond motifs is 1. The Labute approximate surface area is 150 Å². The molecule has 2 aliphatic rings. The minimum absolute atomic E-state index is 0.0870. The van der Waals surface area contributed by atoms with E-state index in [0.29, 0.717) is 16.8 Å². The Bertz CT molecular complexity index is 982. The second-order valence-electron chi connectivity index (χ2n) is 7.25. The maximum atomic E-state index is 14.6. The van der Waals surface area contributed by atoms with Crippen molar-refractivity contribution in [3.8, 4) is 5.75 Å². The highest BCUT2D eigenvalue weighted by molar-refractivity contribution is 5.85. The number of likely N-dealkylation sites (tertiary alicyclic amines) is 1. The predicted octanol–water partition coefficient (Wildman–Crippen LogP) is 2.90. The zero-order chi connectivity index (χ0) is 17.7. The molecule has 6 heteroatoms. The van der Waals surface area contributed by atoms with E-state index in [1.165, 1.54) is 6.07 Å². The molecular weight excluding hydrogens is 333 g/mol. The lowest BCUT2D eigenvalue weighted by Gasteiger charge is -2.57. The number of hydrogen-bond donors (Lipinski definition) is 1. The van der Waals surface area contributed by atoms with Crippen molar-refractivity contribution in [2.75, 3.05) is 26.3 Å². The number of aromatic hydroxyl groups is 1. The van der Waals surface area contributed by atoms with Gasteiger partial charge >= 0.3 is 0 Å². The second-order valence-corrected chi connectivity index (χ2v) is 7.25. The maximum absolute atomic E-state index is 14.6.